The van der Waals surface area contributed by atoms with Gasteiger partial charge < -0.3 is 20.4 Å². The third-order valence-corrected chi connectivity index (χ3v) is 2.17. The Morgan fingerprint density at radius 3 is 1.59 bits per heavy atom. The van der Waals surface area contributed by atoms with Crippen LogP contribution in [-0.4, -0.2) is 44.3 Å². The molecule has 0 aliphatic heterocycles. The summed E-state index contributed by atoms with van der Waals surface area (Å²) in [5.41, 5.74) is 0. The van der Waals surface area contributed by atoms with Crippen molar-refractivity contribution in [3.05, 3.63) is 0 Å². The van der Waals surface area contributed by atoms with Gasteiger partial charge in [0.05, 0.1) is 5.92 Å². The molecule has 0 amide bonds. The van der Waals surface area contributed by atoms with E-state index in [2.05, 4.69) is 0 Å². The second-order valence-electron chi connectivity index (χ2n) is 3.43. The van der Waals surface area contributed by atoms with Crippen LogP contribution in [0.2, 0.25) is 0 Å². The van der Waals surface area contributed by atoms with Gasteiger partial charge in [0.1, 0.15) is 0 Å². The van der Waals surface area contributed by atoms with Crippen molar-refractivity contribution in [2.75, 3.05) is 0 Å². The SMILES string of the molecule is O=C(O)CCC(CC(C(=O)O)C(=O)O)C(=O)O. The van der Waals surface area contributed by atoms with Crippen LogP contribution in [0.4, 0.5) is 0 Å². The average molecular weight is 248 g/mol. The van der Waals surface area contributed by atoms with E-state index in [1.807, 2.05) is 0 Å². The van der Waals surface area contributed by atoms with Crippen molar-refractivity contribution < 1.29 is 39.6 Å². The minimum atomic E-state index is -1.84. The molecule has 17 heavy (non-hydrogen) atoms. The molecule has 0 heterocycles. The zero-order valence-corrected chi connectivity index (χ0v) is 8.70. The van der Waals surface area contributed by atoms with Crippen LogP contribution in [-0.2, 0) is 19.2 Å². The summed E-state index contributed by atoms with van der Waals surface area (Å²) in [5.74, 6) is -9.05. The Morgan fingerprint density at radius 2 is 1.29 bits per heavy atom. The minimum Gasteiger partial charge on any atom is -0.481 e. The van der Waals surface area contributed by atoms with Gasteiger partial charge in [0.2, 0.25) is 0 Å². The van der Waals surface area contributed by atoms with Gasteiger partial charge in [-0.25, -0.2) is 0 Å². The number of carbonyl (C=O) groups is 4. The van der Waals surface area contributed by atoms with Gasteiger partial charge >= 0.3 is 23.9 Å². The van der Waals surface area contributed by atoms with Crippen molar-refractivity contribution >= 4 is 23.9 Å². The van der Waals surface area contributed by atoms with Crippen LogP contribution in [0.1, 0.15) is 19.3 Å². The molecule has 1 unspecified atom stereocenters. The van der Waals surface area contributed by atoms with Gasteiger partial charge in [-0.05, 0) is 12.8 Å². The molecule has 0 fully saturated rings. The van der Waals surface area contributed by atoms with Gasteiger partial charge in [-0.1, -0.05) is 0 Å². The van der Waals surface area contributed by atoms with E-state index >= 15 is 0 Å². The van der Waals surface area contributed by atoms with Crippen molar-refractivity contribution in [2.24, 2.45) is 11.8 Å². The van der Waals surface area contributed by atoms with Crippen LogP contribution in [0.3, 0.4) is 0 Å². The van der Waals surface area contributed by atoms with E-state index < -0.39 is 48.6 Å². The molecule has 0 aliphatic carbocycles. The Hall–Kier alpha value is -2.12. The van der Waals surface area contributed by atoms with Crippen LogP contribution >= 0.6 is 0 Å². The lowest BCUT2D eigenvalue weighted by Crippen LogP contribution is -2.29. The highest BCUT2D eigenvalue weighted by molar-refractivity contribution is 5.93. The number of hydrogen-bond acceptors (Lipinski definition) is 4. The first-order chi connectivity index (χ1) is 7.75. The zero-order chi connectivity index (χ0) is 13.6. The molecule has 0 saturated heterocycles. The standard InChI is InChI=1S/C9H12O8/c10-6(11)2-1-4(7(12)13)3-5(8(14)15)9(16)17/h4-5H,1-3H2,(H,10,11)(H,12,13)(H,14,15)(H,16,17). The molecular formula is C9H12O8. The van der Waals surface area contributed by atoms with Crippen molar-refractivity contribution in [3.8, 4) is 0 Å². The number of rotatable bonds is 8. The third kappa shape index (κ3) is 5.50. The van der Waals surface area contributed by atoms with Crippen LogP contribution in [0.15, 0.2) is 0 Å². The predicted molar refractivity (Wildman–Crippen MR) is 51.4 cm³/mol. The lowest BCUT2D eigenvalue weighted by atomic mass is 9.91. The number of aliphatic carboxylic acids is 4. The molecule has 1 atom stereocenters. The fraction of sp³-hybridized carbons (Fsp3) is 0.556. The summed E-state index contributed by atoms with van der Waals surface area (Å²) in [4.78, 5) is 42.1. The predicted octanol–water partition coefficient (Wildman–Crippen LogP) is -0.272. The lowest BCUT2D eigenvalue weighted by molar-refractivity contribution is -0.156. The molecule has 0 radical (unpaired) electrons. The Kier molecular flexibility index (Phi) is 5.65. The van der Waals surface area contributed by atoms with E-state index in [1.165, 1.54) is 0 Å². The molecule has 0 spiro atoms. The van der Waals surface area contributed by atoms with Crippen molar-refractivity contribution in [2.45, 2.75) is 19.3 Å². The van der Waals surface area contributed by atoms with Crippen LogP contribution in [0.5, 0.6) is 0 Å². The summed E-state index contributed by atoms with van der Waals surface area (Å²) >= 11 is 0. The van der Waals surface area contributed by atoms with Gasteiger partial charge in [0.25, 0.3) is 0 Å². The van der Waals surface area contributed by atoms with Crippen LogP contribution < -0.4 is 0 Å². The monoisotopic (exact) mass is 248 g/mol. The van der Waals surface area contributed by atoms with Gasteiger partial charge in [-0.2, -0.15) is 0 Å². The quantitative estimate of drug-likeness (QED) is 0.428. The summed E-state index contributed by atoms with van der Waals surface area (Å²) < 4.78 is 0. The first kappa shape index (κ1) is 14.9. The molecule has 0 aromatic heterocycles. The molecule has 8 nitrogen and oxygen atoms in total. The summed E-state index contributed by atoms with van der Waals surface area (Å²) in [7, 11) is 0. The largest absolute Gasteiger partial charge is 0.481 e. The maximum absolute atomic E-state index is 10.7. The number of carboxylic acids is 4. The summed E-state index contributed by atoms with van der Waals surface area (Å²) in [6, 6.07) is 0. The zero-order valence-electron chi connectivity index (χ0n) is 8.70. The van der Waals surface area contributed by atoms with Gasteiger partial charge in [0, 0.05) is 6.42 Å². The maximum atomic E-state index is 10.7. The third-order valence-electron chi connectivity index (χ3n) is 2.17. The van der Waals surface area contributed by atoms with E-state index in [9.17, 15) is 19.2 Å². The van der Waals surface area contributed by atoms with Gasteiger partial charge in [0.15, 0.2) is 5.92 Å². The Morgan fingerprint density at radius 1 is 0.824 bits per heavy atom. The molecule has 0 aromatic carbocycles. The average Bonchev–Trinajstić information content (AvgIpc) is 2.15. The van der Waals surface area contributed by atoms with Crippen LogP contribution in [0.25, 0.3) is 0 Å². The fourth-order valence-electron chi connectivity index (χ4n) is 1.23. The van der Waals surface area contributed by atoms with E-state index in [-0.39, 0.29) is 6.42 Å². The van der Waals surface area contributed by atoms with Crippen molar-refractivity contribution in [1.29, 1.82) is 0 Å². The highest BCUT2D eigenvalue weighted by atomic mass is 16.4. The molecule has 0 saturated carbocycles. The van der Waals surface area contributed by atoms with E-state index in [0.29, 0.717) is 0 Å². The minimum absolute atomic E-state index is 0.304. The smallest absolute Gasteiger partial charge is 0.317 e. The number of carboxylic acid groups (broad SMARTS) is 4. The summed E-state index contributed by atoms with van der Waals surface area (Å²) in [5, 5.41) is 34.2. The molecule has 4 N–H and O–H groups in total. The van der Waals surface area contributed by atoms with E-state index in [4.69, 9.17) is 20.4 Å². The molecule has 8 heteroatoms. The van der Waals surface area contributed by atoms with Gasteiger partial charge in [-0.15, -0.1) is 0 Å². The summed E-state index contributed by atoms with van der Waals surface area (Å²) in [6.07, 6.45) is -1.39. The molecule has 0 aliphatic rings. The first-order valence-electron chi connectivity index (χ1n) is 4.66. The Bertz CT molecular complexity index is 320. The second-order valence-corrected chi connectivity index (χ2v) is 3.43. The summed E-state index contributed by atoms with van der Waals surface area (Å²) in [6.45, 7) is 0. The van der Waals surface area contributed by atoms with Gasteiger partial charge in [-0.3, -0.25) is 19.2 Å². The Labute approximate surface area is 95.5 Å². The highest BCUT2D eigenvalue weighted by Crippen LogP contribution is 2.19. The number of hydrogen-bond donors (Lipinski definition) is 4. The fourth-order valence-corrected chi connectivity index (χ4v) is 1.23. The van der Waals surface area contributed by atoms with E-state index in [0.717, 1.165) is 0 Å². The second kappa shape index (κ2) is 6.46. The first-order valence-corrected chi connectivity index (χ1v) is 4.66. The maximum Gasteiger partial charge on any atom is 0.317 e. The molecular weight excluding hydrogens is 236 g/mol. The molecule has 0 bridgehead atoms. The lowest BCUT2D eigenvalue weighted by Gasteiger charge is -2.13. The van der Waals surface area contributed by atoms with E-state index in [1.54, 1.807) is 0 Å². The Balaban J connectivity index is 4.61. The molecule has 0 rings (SSSR count). The van der Waals surface area contributed by atoms with Crippen LogP contribution in [0, 0.1) is 11.8 Å². The highest BCUT2D eigenvalue weighted by Gasteiger charge is 2.32. The molecule has 0 aromatic rings. The van der Waals surface area contributed by atoms with Crippen molar-refractivity contribution in [1.82, 2.24) is 0 Å². The normalized spacial score (nSPS) is 12.1. The molecule has 96 valence electrons. The van der Waals surface area contributed by atoms with Crippen molar-refractivity contribution in [3.63, 3.8) is 0 Å². The topological polar surface area (TPSA) is 149 Å².